The SMILES string of the molecule is O=c1ccc(-n2cccn2)nn1C1COCC1Nc1ncc(Cl)cn1. The highest BCUT2D eigenvalue weighted by Gasteiger charge is 2.32. The smallest absolute Gasteiger partial charge is 0.267 e. The molecule has 0 aliphatic carbocycles. The number of hydrogen-bond acceptors (Lipinski definition) is 7. The average Bonchev–Trinajstić information content (AvgIpc) is 3.29. The van der Waals surface area contributed by atoms with Crippen molar-refractivity contribution in [3.8, 4) is 5.82 Å². The Morgan fingerprint density at radius 2 is 2.08 bits per heavy atom. The lowest BCUT2D eigenvalue weighted by molar-refractivity contribution is 0.182. The second-order valence-corrected chi connectivity index (χ2v) is 5.94. The fourth-order valence-corrected chi connectivity index (χ4v) is 2.75. The highest BCUT2D eigenvalue weighted by Crippen LogP contribution is 2.21. The summed E-state index contributed by atoms with van der Waals surface area (Å²) in [5.74, 6) is 0.971. The van der Waals surface area contributed by atoms with Gasteiger partial charge in [0.05, 0.1) is 36.7 Å². The van der Waals surface area contributed by atoms with Crippen LogP contribution in [0.15, 0.2) is 47.8 Å². The third-order valence-electron chi connectivity index (χ3n) is 3.85. The molecular formula is C15H14ClN7O2. The number of nitrogens with one attached hydrogen (secondary N) is 1. The van der Waals surface area contributed by atoms with E-state index in [1.807, 2.05) is 0 Å². The molecule has 1 N–H and O–H groups in total. The fraction of sp³-hybridized carbons (Fsp3) is 0.267. The molecule has 25 heavy (non-hydrogen) atoms. The first-order valence-corrected chi connectivity index (χ1v) is 8.00. The van der Waals surface area contributed by atoms with Crippen LogP contribution in [0.4, 0.5) is 5.95 Å². The molecular weight excluding hydrogens is 346 g/mol. The van der Waals surface area contributed by atoms with Crippen LogP contribution in [0.5, 0.6) is 0 Å². The predicted octanol–water partition coefficient (Wildman–Crippen LogP) is 0.924. The van der Waals surface area contributed by atoms with Gasteiger partial charge in [0.2, 0.25) is 5.95 Å². The summed E-state index contributed by atoms with van der Waals surface area (Å²) in [6.45, 7) is 0.775. The van der Waals surface area contributed by atoms with Crippen LogP contribution in [0, 0.1) is 0 Å². The molecule has 0 aromatic carbocycles. The van der Waals surface area contributed by atoms with Crippen molar-refractivity contribution in [3.05, 3.63) is 58.4 Å². The van der Waals surface area contributed by atoms with Crippen molar-refractivity contribution in [1.29, 1.82) is 0 Å². The number of rotatable bonds is 4. The Bertz CT molecular complexity index is 910. The van der Waals surface area contributed by atoms with Crippen LogP contribution in [0.2, 0.25) is 5.02 Å². The zero-order valence-corrected chi connectivity index (χ0v) is 13.7. The van der Waals surface area contributed by atoms with E-state index in [-0.39, 0.29) is 17.6 Å². The molecule has 4 rings (SSSR count). The average molecular weight is 360 g/mol. The summed E-state index contributed by atoms with van der Waals surface area (Å²) < 4.78 is 8.55. The maximum Gasteiger partial charge on any atom is 0.267 e. The zero-order chi connectivity index (χ0) is 17.2. The molecule has 128 valence electrons. The third-order valence-corrected chi connectivity index (χ3v) is 4.04. The molecule has 1 saturated heterocycles. The van der Waals surface area contributed by atoms with E-state index < -0.39 is 0 Å². The molecule has 1 aliphatic heterocycles. The van der Waals surface area contributed by atoms with Crippen molar-refractivity contribution in [2.45, 2.75) is 12.1 Å². The molecule has 3 aromatic rings. The van der Waals surface area contributed by atoms with Crippen LogP contribution >= 0.6 is 11.6 Å². The van der Waals surface area contributed by atoms with E-state index in [1.54, 1.807) is 29.2 Å². The van der Waals surface area contributed by atoms with E-state index in [4.69, 9.17) is 16.3 Å². The molecule has 0 radical (unpaired) electrons. The van der Waals surface area contributed by atoms with Crippen molar-refractivity contribution >= 4 is 17.5 Å². The van der Waals surface area contributed by atoms with E-state index in [9.17, 15) is 4.79 Å². The lowest BCUT2D eigenvalue weighted by atomic mass is 10.2. The number of anilines is 1. The van der Waals surface area contributed by atoms with E-state index in [2.05, 4.69) is 25.5 Å². The first kappa shape index (κ1) is 15.7. The van der Waals surface area contributed by atoms with Crippen LogP contribution in [0.25, 0.3) is 5.82 Å². The van der Waals surface area contributed by atoms with E-state index >= 15 is 0 Å². The monoisotopic (exact) mass is 359 g/mol. The lowest BCUT2D eigenvalue weighted by Crippen LogP contribution is -2.37. The second-order valence-electron chi connectivity index (χ2n) is 5.51. The minimum absolute atomic E-state index is 0.195. The van der Waals surface area contributed by atoms with Crippen LogP contribution < -0.4 is 10.9 Å². The number of aromatic nitrogens is 6. The number of nitrogens with zero attached hydrogens (tertiary/aromatic N) is 6. The number of ether oxygens (including phenoxy) is 1. The normalized spacial score (nSPS) is 19.9. The van der Waals surface area contributed by atoms with E-state index in [0.29, 0.717) is 30.0 Å². The predicted molar refractivity (Wildman–Crippen MR) is 89.9 cm³/mol. The van der Waals surface area contributed by atoms with Gasteiger partial charge in [-0.15, -0.1) is 5.10 Å². The Hall–Kier alpha value is -2.78. The van der Waals surface area contributed by atoms with Gasteiger partial charge in [-0.1, -0.05) is 11.6 Å². The summed E-state index contributed by atoms with van der Waals surface area (Å²) in [7, 11) is 0. The van der Waals surface area contributed by atoms with Gasteiger partial charge in [-0.2, -0.15) is 5.10 Å². The molecule has 1 aliphatic rings. The van der Waals surface area contributed by atoms with Gasteiger partial charge in [0.25, 0.3) is 5.56 Å². The van der Waals surface area contributed by atoms with E-state index in [1.165, 1.54) is 23.1 Å². The summed E-state index contributed by atoms with van der Waals surface area (Å²) in [6, 6.07) is 4.41. The van der Waals surface area contributed by atoms with Gasteiger partial charge in [-0.05, 0) is 12.1 Å². The summed E-state index contributed by atoms with van der Waals surface area (Å²) in [5.41, 5.74) is -0.213. The van der Waals surface area contributed by atoms with Gasteiger partial charge in [0.15, 0.2) is 5.82 Å². The van der Waals surface area contributed by atoms with Crippen LogP contribution in [0.3, 0.4) is 0 Å². The summed E-state index contributed by atoms with van der Waals surface area (Å²) >= 11 is 5.80. The number of halogens is 1. The van der Waals surface area contributed by atoms with Crippen LogP contribution in [0.1, 0.15) is 6.04 Å². The molecule has 0 spiro atoms. The molecule has 10 heteroatoms. The largest absolute Gasteiger partial charge is 0.377 e. The van der Waals surface area contributed by atoms with Crippen molar-refractivity contribution in [2.24, 2.45) is 0 Å². The molecule has 3 aromatic heterocycles. The summed E-state index contributed by atoms with van der Waals surface area (Å²) in [6.07, 6.45) is 6.42. The highest BCUT2D eigenvalue weighted by molar-refractivity contribution is 6.30. The van der Waals surface area contributed by atoms with Crippen molar-refractivity contribution < 1.29 is 4.74 Å². The zero-order valence-electron chi connectivity index (χ0n) is 13.0. The van der Waals surface area contributed by atoms with Gasteiger partial charge < -0.3 is 10.1 Å². The Labute approximate surface area is 147 Å². The summed E-state index contributed by atoms with van der Waals surface area (Å²) in [4.78, 5) is 20.5. The summed E-state index contributed by atoms with van der Waals surface area (Å²) in [5, 5.41) is 12.2. The van der Waals surface area contributed by atoms with Gasteiger partial charge in [0.1, 0.15) is 6.04 Å². The Morgan fingerprint density at radius 3 is 2.84 bits per heavy atom. The van der Waals surface area contributed by atoms with Crippen molar-refractivity contribution in [3.63, 3.8) is 0 Å². The van der Waals surface area contributed by atoms with Crippen molar-refractivity contribution in [2.75, 3.05) is 18.5 Å². The highest BCUT2D eigenvalue weighted by atomic mass is 35.5. The standard InChI is InChI=1S/C15H14ClN7O2/c16-10-6-17-15(18-7-10)20-11-8-25-9-12(11)23-14(24)3-2-13(21-23)22-5-1-4-19-22/h1-7,11-12H,8-9H2,(H,17,18,20). The molecule has 2 atom stereocenters. The topological polar surface area (TPSA) is 99.8 Å². The lowest BCUT2D eigenvalue weighted by Gasteiger charge is -2.20. The molecule has 2 unspecified atom stereocenters. The second kappa shape index (κ2) is 6.61. The number of hydrogen-bond donors (Lipinski definition) is 1. The minimum atomic E-state index is -0.290. The minimum Gasteiger partial charge on any atom is -0.377 e. The molecule has 9 nitrogen and oxygen atoms in total. The first-order chi connectivity index (χ1) is 12.2. The Kier molecular flexibility index (Phi) is 4.16. The first-order valence-electron chi connectivity index (χ1n) is 7.62. The molecule has 1 fully saturated rings. The Balaban J connectivity index is 1.62. The van der Waals surface area contributed by atoms with Gasteiger partial charge in [0, 0.05) is 18.5 Å². The van der Waals surface area contributed by atoms with Gasteiger partial charge in [-0.25, -0.2) is 19.3 Å². The van der Waals surface area contributed by atoms with Crippen LogP contribution in [-0.4, -0.2) is 48.8 Å². The maximum atomic E-state index is 12.3. The molecule has 4 heterocycles. The maximum absolute atomic E-state index is 12.3. The van der Waals surface area contributed by atoms with Gasteiger partial charge >= 0.3 is 0 Å². The third kappa shape index (κ3) is 3.24. The fourth-order valence-electron chi connectivity index (χ4n) is 2.65. The molecule has 0 saturated carbocycles. The quantitative estimate of drug-likeness (QED) is 0.739. The molecule has 0 bridgehead atoms. The Morgan fingerprint density at radius 1 is 1.24 bits per heavy atom. The van der Waals surface area contributed by atoms with Crippen molar-refractivity contribution in [1.82, 2.24) is 29.5 Å². The van der Waals surface area contributed by atoms with E-state index in [0.717, 1.165) is 0 Å². The molecule has 0 amide bonds. The van der Waals surface area contributed by atoms with Crippen LogP contribution in [-0.2, 0) is 4.74 Å². The van der Waals surface area contributed by atoms with Gasteiger partial charge in [-0.3, -0.25) is 4.79 Å².